The minimum atomic E-state index is -0.560. The zero-order chi connectivity index (χ0) is 15.7. The fraction of sp³-hybridized carbons (Fsp3) is 0.462. The maximum Gasteiger partial charge on any atom is 0.214 e. The van der Waals surface area contributed by atoms with E-state index in [9.17, 15) is 9.59 Å². The van der Waals surface area contributed by atoms with Gasteiger partial charge in [-0.2, -0.15) is 4.98 Å². The summed E-state index contributed by atoms with van der Waals surface area (Å²) in [6.45, 7) is 3.42. The average Bonchev–Trinajstić information content (AvgIpc) is 2.97. The first-order valence-corrected chi connectivity index (χ1v) is 6.99. The minimum absolute atomic E-state index is 0.0673. The average molecular weight is 303 g/mol. The molecular formula is C13H17N7O2. The first-order valence-electron chi connectivity index (χ1n) is 6.99. The van der Waals surface area contributed by atoms with E-state index in [1.54, 1.807) is 0 Å². The molecule has 2 aromatic heterocycles. The number of nitrogens with zero attached hydrogens (tertiary/aromatic N) is 5. The quantitative estimate of drug-likeness (QED) is 0.540. The number of nitrogens with one attached hydrogen (secondary N) is 2. The number of Topliss-reactive ketones (excluding diaryl/α,β-unsaturated/α-hetero) is 1. The summed E-state index contributed by atoms with van der Waals surface area (Å²) in [7, 11) is 2.07. The minimum Gasteiger partial charge on any atom is -0.340 e. The Balaban J connectivity index is 1.99. The zero-order valence-corrected chi connectivity index (χ0v) is 12.2. The molecule has 2 aromatic rings. The molecule has 22 heavy (non-hydrogen) atoms. The fourth-order valence-electron chi connectivity index (χ4n) is 2.46. The van der Waals surface area contributed by atoms with Gasteiger partial charge in [0.15, 0.2) is 17.4 Å². The summed E-state index contributed by atoms with van der Waals surface area (Å²) < 4.78 is 1.49. The highest BCUT2D eigenvalue weighted by molar-refractivity contribution is 6.24. The highest BCUT2D eigenvalue weighted by Gasteiger charge is 2.19. The fourth-order valence-corrected chi connectivity index (χ4v) is 2.46. The number of imidazole rings is 1. The summed E-state index contributed by atoms with van der Waals surface area (Å²) in [6, 6.07) is 0. The van der Waals surface area contributed by atoms with Crippen molar-refractivity contribution in [3.8, 4) is 0 Å². The molecule has 0 bridgehead atoms. The molecule has 1 aliphatic rings. The van der Waals surface area contributed by atoms with Gasteiger partial charge < -0.3 is 19.4 Å². The molecule has 0 atom stereocenters. The third kappa shape index (κ3) is 2.62. The lowest BCUT2D eigenvalue weighted by atomic mass is 10.3. The third-order valence-electron chi connectivity index (χ3n) is 3.77. The number of piperazine rings is 1. The molecule has 3 heterocycles. The molecular weight excluding hydrogens is 286 g/mol. The van der Waals surface area contributed by atoms with Crippen LogP contribution in [-0.2, 0) is 16.1 Å². The van der Waals surface area contributed by atoms with Crippen LogP contribution in [0.3, 0.4) is 0 Å². The molecule has 9 nitrogen and oxygen atoms in total. The Morgan fingerprint density at radius 2 is 2.14 bits per heavy atom. The van der Waals surface area contributed by atoms with Crippen molar-refractivity contribution in [1.82, 2.24) is 24.4 Å². The topological polar surface area (TPSA) is 111 Å². The second kappa shape index (κ2) is 5.68. The molecule has 3 rings (SSSR count). The number of H-pyrrole nitrogens is 1. The van der Waals surface area contributed by atoms with Crippen LogP contribution in [-0.4, -0.2) is 69.7 Å². The maximum atomic E-state index is 11.3. The Morgan fingerprint density at radius 1 is 1.41 bits per heavy atom. The summed E-state index contributed by atoms with van der Waals surface area (Å²) in [6.07, 6.45) is 1.64. The Bertz CT molecular complexity index is 770. The zero-order valence-electron chi connectivity index (χ0n) is 12.2. The van der Waals surface area contributed by atoms with Gasteiger partial charge in [0.05, 0.1) is 12.9 Å². The Hall–Kier alpha value is -2.55. The molecule has 2 N–H and O–H groups in total. The Labute approximate surface area is 126 Å². The number of aromatic nitrogens is 4. The molecule has 116 valence electrons. The van der Waals surface area contributed by atoms with Gasteiger partial charge in [-0.25, -0.2) is 4.98 Å². The normalized spacial score (nSPS) is 16.1. The number of rotatable bonds is 4. The number of fused-ring (bicyclic) bond motifs is 1. The van der Waals surface area contributed by atoms with E-state index in [-0.39, 0.29) is 18.3 Å². The summed E-state index contributed by atoms with van der Waals surface area (Å²) in [5.41, 5.74) is 0.997. The molecule has 1 aliphatic heterocycles. The van der Waals surface area contributed by atoms with Crippen LogP contribution in [0.1, 0.15) is 0 Å². The van der Waals surface area contributed by atoms with E-state index in [1.165, 1.54) is 10.9 Å². The van der Waals surface area contributed by atoms with Crippen LogP contribution in [0.15, 0.2) is 6.33 Å². The van der Waals surface area contributed by atoms with Gasteiger partial charge in [0.25, 0.3) is 0 Å². The molecule has 0 unspecified atom stereocenters. The smallest absolute Gasteiger partial charge is 0.214 e. The summed E-state index contributed by atoms with van der Waals surface area (Å²) >= 11 is 0. The first kappa shape index (κ1) is 14.4. The number of aldehydes is 1. The van der Waals surface area contributed by atoms with Gasteiger partial charge in [0, 0.05) is 26.2 Å². The van der Waals surface area contributed by atoms with Crippen molar-refractivity contribution >= 4 is 29.2 Å². The van der Waals surface area contributed by atoms with Crippen molar-refractivity contribution in [2.24, 2.45) is 0 Å². The first-order chi connectivity index (χ1) is 10.6. The molecule has 0 amide bonds. The van der Waals surface area contributed by atoms with Gasteiger partial charge in [0.2, 0.25) is 11.7 Å². The van der Waals surface area contributed by atoms with Gasteiger partial charge in [-0.05, 0) is 7.05 Å². The van der Waals surface area contributed by atoms with Crippen molar-refractivity contribution in [3.05, 3.63) is 11.8 Å². The number of likely N-dealkylation sites (N-methyl/N-ethyl adjacent to an activating group) is 1. The SMILES string of the molecule is CN1CCN(c2nc3c([nH]2)c(=N)ncn3CC(=O)C=O)CC1. The monoisotopic (exact) mass is 303 g/mol. The number of hydrogen-bond donors (Lipinski definition) is 2. The summed E-state index contributed by atoms with van der Waals surface area (Å²) in [5.74, 6) is 0.104. The molecule has 0 aromatic carbocycles. The van der Waals surface area contributed by atoms with E-state index in [0.717, 1.165) is 26.2 Å². The van der Waals surface area contributed by atoms with Gasteiger partial charge in [-0.1, -0.05) is 0 Å². The number of carbonyl (C=O) groups is 2. The van der Waals surface area contributed by atoms with Crippen molar-refractivity contribution in [1.29, 1.82) is 5.41 Å². The molecule has 0 saturated carbocycles. The Morgan fingerprint density at radius 3 is 2.82 bits per heavy atom. The third-order valence-corrected chi connectivity index (χ3v) is 3.77. The van der Waals surface area contributed by atoms with Crippen LogP contribution in [0.4, 0.5) is 5.95 Å². The predicted molar refractivity (Wildman–Crippen MR) is 78.5 cm³/mol. The van der Waals surface area contributed by atoms with E-state index in [4.69, 9.17) is 5.41 Å². The van der Waals surface area contributed by atoms with Crippen LogP contribution in [0.2, 0.25) is 0 Å². The van der Waals surface area contributed by atoms with E-state index >= 15 is 0 Å². The van der Waals surface area contributed by atoms with E-state index < -0.39 is 5.78 Å². The van der Waals surface area contributed by atoms with E-state index in [0.29, 0.717) is 17.1 Å². The summed E-state index contributed by atoms with van der Waals surface area (Å²) in [5, 5.41) is 7.87. The van der Waals surface area contributed by atoms with Crippen LogP contribution in [0.5, 0.6) is 0 Å². The van der Waals surface area contributed by atoms with Crippen molar-refractivity contribution < 1.29 is 9.59 Å². The van der Waals surface area contributed by atoms with Crippen LogP contribution in [0, 0.1) is 5.41 Å². The van der Waals surface area contributed by atoms with Gasteiger partial charge in [-0.15, -0.1) is 0 Å². The van der Waals surface area contributed by atoms with Crippen molar-refractivity contribution in [3.63, 3.8) is 0 Å². The van der Waals surface area contributed by atoms with Gasteiger partial charge in [-0.3, -0.25) is 15.0 Å². The lowest BCUT2D eigenvalue weighted by Gasteiger charge is -2.31. The summed E-state index contributed by atoms with van der Waals surface area (Å²) in [4.78, 5) is 37.7. The van der Waals surface area contributed by atoms with Crippen LogP contribution < -0.4 is 10.4 Å². The lowest BCUT2D eigenvalue weighted by Crippen LogP contribution is -2.44. The molecule has 0 radical (unpaired) electrons. The number of carbonyl (C=O) groups excluding carboxylic acids is 2. The van der Waals surface area contributed by atoms with E-state index in [1.807, 2.05) is 0 Å². The molecule has 0 aliphatic carbocycles. The number of aromatic amines is 1. The van der Waals surface area contributed by atoms with E-state index in [2.05, 4.69) is 31.8 Å². The largest absolute Gasteiger partial charge is 0.340 e. The molecule has 0 spiro atoms. The van der Waals surface area contributed by atoms with Gasteiger partial charge in [0.1, 0.15) is 5.52 Å². The highest BCUT2D eigenvalue weighted by atomic mass is 16.2. The Kier molecular flexibility index (Phi) is 3.72. The lowest BCUT2D eigenvalue weighted by molar-refractivity contribution is -0.130. The molecule has 1 saturated heterocycles. The van der Waals surface area contributed by atoms with Crippen LogP contribution in [0.25, 0.3) is 11.2 Å². The standard InChI is InChI=1S/C13H17N7O2/c1-18-2-4-19(5-3-18)13-16-10-11(14)15-8-20(12(10)17-13)6-9(22)7-21/h7-8,14H,2-6H2,1H3,(H,16,17). The second-order valence-electron chi connectivity index (χ2n) is 5.35. The van der Waals surface area contributed by atoms with Crippen molar-refractivity contribution in [2.75, 3.05) is 38.1 Å². The highest BCUT2D eigenvalue weighted by Crippen LogP contribution is 2.16. The number of anilines is 1. The number of ketones is 1. The number of hydrogen-bond acceptors (Lipinski definition) is 7. The second-order valence-corrected chi connectivity index (χ2v) is 5.35. The molecule has 9 heteroatoms. The molecule has 1 fully saturated rings. The maximum absolute atomic E-state index is 11.3. The van der Waals surface area contributed by atoms with Gasteiger partial charge >= 0.3 is 0 Å². The predicted octanol–water partition coefficient (Wildman–Crippen LogP) is -1.24. The van der Waals surface area contributed by atoms with Crippen LogP contribution >= 0.6 is 0 Å². The van der Waals surface area contributed by atoms with Crippen molar-refractivity contribution in [2.45, 2.75) is 6.54 Å².